The number of primary amides is 1. The molecule has 0 heterocycles. The van der Waals surface area contributed by atoms with E-state index in [4.69, 9.17) is 5.73 Å². The fraction of sp³-hybridized carbons (Fsp3) is 0.0556. The van der Waals surface area contributed by atoms with Crippen LogP contribution in [-0.2, 0) is 11.2 Å². The van der Waals surface area contributed by atoms with Crippen LogP contribution in [0.15, 0.2) is 54.6 Å². The first-order valence-electron chi connectivity index (χ1n) is 6.69. The van der Waals surface area contributed by atoms with Crippen molar-refractivity contribution in [2.45, 2.75) is 6.42 Å². The van der Waals surface area contributed by atoms with Crippen LogP contribution < -0.4 is 5.73 Å². The number of carbonyl (C=O) groups is 1. The molecule has 1 aliphatic rings. The molecular formula is C18H13NO. The predicted octanol–water partition coefficient (Wildman–Crippen LogP) is 3.42. The Morgan fingerprint density at radius 3 is 2.55 bits per heavy atom. The van der Waals surface area contributed by atoms with Gasteiger partial charge in [-0.2, -0.15) is 0 Å². The highest BCUT2D eigenvalue weighted by atomic mass is 16.1. The van der Waals surface area contributed by atoms with Gasteiger partial charge in [-0.1, -0.05) is 54.6 Å². The van der Waals surface area contributed by atoms with Crippen molar-refractivity contribution in [3.05, 3.63) is 65.7 Å². The summed E-state index contributed by atoms with van der Waals surface area (Å²) in [6.45, 7) is 0. The van der Waals surface area contributed by atoms with E-state index in [0.717, 1.165) is 12.0 Å². The van der Waals surface area contributed by atoms with Crippen molar-refractivity contribution in [2.24, 2.45) is 5.73 Å². The molecular weight excluding hydrogens is 246 g/mol. The second-order valence-electron chi connectivity index (χ2n) is 5.16. The Hall–Kier alpha value is -2.61. The number of rotatable bonds is 1. The van der Waals surface area contributed by atoms with Crippen LogP contribution in [-0.4, -0.2) is 5.91 Å². The summed E-state index contributed by atoms with van der Waals surface area (Å²) >= 11 is 0. The van der Waals surface area contributed by atoms with E-state index in [1.165, 1.54) is 27.1 Å². The van der Waals surface area contributed by atoms with Crippen molar-refractivity contribution in [3.8, 4) is 0 Å². The summed E-state index contributed by atoms with van der Waals surface area (Å²) in [4.78, 5) is 11.5. The summed E-state index contributed by atoms with van der Waals surface area (Å²) in [5.41, 5.74) is 8.28. The molecule has 3 aromatic rings. The number of fused-ring (bicyclic) bond motifs is 5. The van der Waals surface area contributed by atoms with E-state index in [2.05, 4.69) is 36.4 Å². The number of benzene rings is 3. The molecule has 1 aliphatic carbocycles. The number of nitrogens with two attached hydrogens (primary N) is 1. The molecule has 2 nitrogen and oxygen atoms in total. The second-order valence-corrected chi connectivity index (χ2v) is 5.16. The zero-order valence-corrected chi connectivity index (χ0v) is 10.9. The van der Waals surface area contributed by atoms with Gasteiger partial charge in [-0.3, -0.25) is 4.79 Å². The van der Waals surface area contributed by atoms with Crippen molar-refractivity contribution < 1.29 is 4.79 Å². The number of hydrogen-bond donors (Lipinski definition) is 1. The maximum atomic E-state index is 11.5. The Kier molecular flexibility index (Phi) is 2.21. The van der Waals surface area contributed by atoms with Crippen molar-refractivity contribution in [3.63, 3.8) is 0 Å². The first kappa shape index (κ1) is 11.2. The van der Waals surface area contributed by atoms with Gasteiger partial charge in [-0.15, -0.1) is 0 Å². The maximum absolute atomic E-state index is 11.5. The third-order valence-corrected chi connectivity index (χ3v) is 4.10. The summed E-state index contributed by atoms with van der Waals surface area (Å²) < 4.78 is 0. The fourth-order valence-corrected chi connectivity index (χ4v) is 3.17. The quantitative estimate of drug-likeness (QED) is 0.668. The van der Waals surface area contributed by atoms with Gasteiger partial charge in [0.2, 0.25) is 5.91 Å². The van der Waals surface area contributed by atoms with Gasteiger partial charge in [0.1, 0.15) is 0 Å². The smallest absolute Gasteiger partial charge is 0.249 e. The lowest BCUT2D eigenvalue weighted by Gasteiger charge is -2.09. The van der Waals surface area contributed by atoms with Gasteiger partial charge in [0.15, 0.2) is 0 Å². The van der Waals surface area contributed by atoms with Crippen molar-refractivity contribution in [1.82, 2.24) is 0 Å². The molecule has 0 unspecified atom stereocenters. The first-order valence-corrected chi connectivity index (χ1v) is 6.69. The number of hydrogen-bond acceptors (Lipinski definition) is 1. The second kappa shape index (κ2) is 3.94. The van der Waals surface area contributed by atoms with Gasteiger partial charge in [0.25, 0.3) is 0 Å². The summed E-state index contributed by atoms with van der Waals surface area (Å²) in [6, 6.07) is 16.8. The molecule has 20 heavy (non-hydrogen) atoms. The Morgan fingerprint density at radius 1 is 0.900 bits per heavy atom. The van der Waals surface area contributed by atoms with Gasteiger partial charge >= 0.3 is 0 Å². The minimum Gasteiger partial charge on any atom is -0.366 e. The Labute approximate surface area is 116 Å². The molecule has 0 bridgehead atoms. The largest absolute Gasteiger partial charge is 0.366 e. The van der Waals surface area contributed by atoms with E-state index in [1.54, 1.807) is 0 Å². The van der Waals surface area contributed by atoms with E-state index >= 15 is 0 Å². The fourth-order valence-electron chi connectivity index (χ4n) is 3.17. The molecule has 4 rings (SSSR count). The molecule has 2 N–H and O–H groups in total. The molecule has 0 saturated heterocycles. The molecule has 0 spiro atoms. The average molecular weight is 259 g/mol. The van der Waals surface area contributed by atoms with Crippen LogP contribution in [0.25, 0.3) is 27.1 Å². The average Bonchev–Trinajstić information content (AvgIpc) is 2.91. The Balaban J connectivity index is 2.08. The summed E-state index contributed by atoms with van der Waals surface area (Å²) in [7, 11) is 0. The summed E-state index contributed by atoms with van der Waals surface area (Å²) in [6.07, 6.45) is 2.71. The predicted molar refractivity (Wildman–Crippen MR) is 82.3 cm³/mol. The third-order valence-electron chi connectivity index (χ3n) is 4.10. The highest BCUT2D eigenvalue weighted by Gasteiger charge is 2.20. The SMILES string of the molecule is NC(=O)C1=CCc2c1ccc1c2ccc2ccccc21. The minimum absolute atomic E-state index is 0.344. The van der Waals surface area contributed by atoms with Crippen LogP contribution in [0.5, 0.6) is 0 Å². The van der Waals surface area contributed by atoms with Crippen molar-refractivity contribution >= 4 is 33.0 Å². The number of carbonyl (C=O) groups excluding carboxylic acids is 1. The minimum atomic E-state index is -0.344. The van der Waals surface area contributed by atoms with Crippen LogP contribution in [0.4, 0.5) is 0 Å². The molecule has 96 valence electrons. The highest BCUT2D eigenvalue weighted by molar-refractivity contribution is 6.22. The monoisotopic (exact) mass is 259 g/mol. The third kappa shape index (κ3) is 1.42. The molecule has 3 aromatic carbocycles. The lowest BCUT2D eigenvalue weighted by molar-refractivity contribution is -0.112. The first-order chi connectivity index (χ1) is 9.75. The van der Waals surface area contributed by atoms with Crippen LogP contribution in [0.2, 0.25) is 0 Å². The van der Waals surface area contributed by atoms with Crippen molar-refractivity contribution in [1.29, 1.82) is 0 Å². The molecule has 0 radical (unpaired) electrons. The molecule has 0 aromatic heterocycles. The van der Waals surface area contributed by atoms with Crippen LogP contribution >= 0.6 is 0 Å². The van der Waals surface area contributed by atoms with E-state index in [1.807, 2.05) is 18.2 Å². The lowest BCUT2D eigenvalue weighted by atomic mass is 9.94. The van der Waals surface area contributed by atoms with E-state index < -0.39 is 0 Å². The molecule has 0 aliphatic heterocycles. The maximum Gasteiger partial charge on any atom is 0.249 e. The lowest BCUT2D eigenvalue weighted by Crippen LogP contribution is -2.11. The van der Waals surface area contributed by atoms with Gasteiger partial charge in [-0.05, 0) is 39.1 Å². The van der Waals surface area contributed by atoms with Gasteiger partial charge in [0, 0.05) is 5.57 Å². The van der Waals surface area contributed by atoms with Crippen LogP contribution in [0, 0.1) is 0 Å². The number of allylic oxidation sites excluding steroid dienone is 1. The molecule has 1 amide bonds. The molecule has 2 heteroatoms. The van der Waals surface area contributed by atoms with E-state index in [9.17, 15) is 4.79 Å². The number of amides is 1. The van der Waals surface area contributed by atoms with E-state index in [-0.39, 0.29) is 5.91 Å². The standard InChI is InChI=1S/C18H13NO/c19-18(20)17-10-9-15-14-6-5-11-3-1-2-4-12(11)13(14)7-8-16(15)17/h1-8,10H,9H2,(H2,19,20). The van der Waals surface area contributed by atoms with Gasteiger partial charge in [0.05, 0.1) is 0 Å². The van der Waals surface area contributed by atoms with Gasteiger partial charge < -0.3 is 5.73 Å². The summed E-state index contributed by atoms with van der Waals surface area (Å²) in [5, 5.41) is 4.94. The van der Waals surface area contributed by atoms with Crippen LogP contribution in [0.1, 0.15) is 11.1 Å². The Morgan fingerprint density at radius 2 is 1.70 bits per heavy atom. The topological polar surface area (TPSA) is 43.1 Å². The molecule has 0 saturated carbocycles. The zero-order chi connectivity index (χ0) is 13.7. The molecule has 0 atom stereocenters. The molecule has 0 fully saturated rings. The van der Waals surface area contributed by atoms with Crippen molar-refractivity contribution in [2.75, 3.05) is 0 Å². The van der Waals surface area contributed by atoms with Gasteiger partial charge in [-0.25, -0.2) is 0 Å². The van der Waals surface area contributed by atoms with Crippen LogP contribution in [0.3, 0.4) is 0 Å². The van der Waals surface area contributed by atoms with E-state index in [0.29, 0.717) is 5.57 Å². The summed E-state index contributed by atoms with van der Waals surface area (Å²) in [5.74, 6) is -0.344. The Bertz CT molecular complexity index is 906. The normalized spacial score (nSPS) is 13.5. The zero-order valence-electron chi connectivity index (χ0n) is 10.9. The highest BCUT2D eigenvalue weighted by Crippen LogP contribution is 2.35.